The van der Waals surface area contributed by atoms with E-state index in [-0.39, 0.29) is 10.7 Å². The van der Waals surface area contributed by atoms with Crippen LogP contribution in [-0.4, -0.2) is 46.3 Å². The molecule has 0 fully saturated rings. The Kier molecular flexibility index (Phi) is 5.97. The smallest absolute Gasteiger partial charge is 0.349 e. The third-order valence-corrected chi connectivity index (χ3v) is 1.56. The van der Waals surface area contributed by atoms with E-state index >= 15 is 0 Å². The normalized spacial score (nSPS) is 8.53. The highest BCUT2D eigenvalue weighted by Gasteiger charge is 2.02. The van der Waals surface area contributed by atoms with Crippen LogP contribution in [0, 0.1) is 0 Å². The van der Waals surface area contributed by atoms with Crippen LogP contribution < -0.4 is 0 Å². The molecule has 0 atom stereocenters. The van der Waals surface area contributed by atoms with Crippen LogP contribution in [0.4, 0.5) is 0 Å². The molecule has 84 valence electrons. The maximum absolute atomic E-state index is 10.5. The molecular formula is C5H4O8S2. The maximum Gasteiger partial charge on any atom is 0.349 e. The largest absolute Gasteiger partial charge is 0.424 e. The van der Waals surface area contributed by atoms with E-state index in [2.05, 4.69) is 9.47 Å². The highest BCUT2D eigenvalue weighted by Crippen LogP contribution is 1.78. The molecule has 0 unspecified atom stereocenters. The summed E-state index contributed by atoms with van der Waals surface area (Å²) in [4.78, 5) is 20.9. The van der Waals surface area contributed by atoms with E-state index in [4.69, 9.17) is 0 Å². The van der Waals surface area contributed by atoms with Crippen LogP contribution in [0.5, 0.6) is 0 Å². The van der Waals surface area contributed by atoms with Gasteiger partial charge in [-0.3, -0.25) is 0 Å². The van der Waals surface area contributed by atoms with Crippen molar-refractivity contribution in [1.29, 1.82) is 0 Å². The van der Waals surface area contributed by atoms with Gasteiger partial charge in [-0.2, -0.15) is 16.8 Å². The molecule has 0 aromatic rings. The van der Waals surface area contributed by atoms with Gasteiger partial charge in [0.2, 0.25) is 27.4 Å². The number of ether oxygens (including phenoxy) is 2. The van der Waals surface area contributed by atoms with Crippen molar-refractivity contribution in [3.63, 3.8) is 0 Å². The number of carbonyl (C=O) groups is 2. The Morgan fingerprint density at radius 1 is 0.867 bits per heavy atom. The van der Waals surface area contributed by atoms with Gasteiger partial charge in [0.1, 0.15) is 10.7 Å². The summed E-state index contributed by atoms with van der Waals surface area (Å²) < 4.78 is 47.7. The number of carbonyl (C=O) groups excluding carboxylic acids is 2. The van der Waals surface area contributed by atoms with Gasteiger partial charge in [0, 0.05) is 0 Å². The predicted octanol–water partition coefficient (Wildman–Crippen LogP) is -2.61. The zero-order chi connectivity index (χ0) is 11.8. The number of hydrogen-bond donors (Lipinski definition) is 0. The molecule has 0 N–H and O–H groups in total. The molecule has 0 rings (SSSR count). The summed E-state index contributed by atoms with van der Waals surface area (Å²) in [5, 5.41) is 0.423. The zero-order valence-corrected chi connectivity index (χ0v) is 8.58. The molecule has 0 saturated heterocycles. The van der Waals surface area contributed by atoms with Gasteiger partial charge in [-0.1, -0.05) is 0 Å². The van der Waals surface area contributed by atoms with E-state index in [1.807, 2.05) is 0 Å². The third-order valence-electron chi connectivity index (χ3n) is 0.787. The Labute approximate surface area is 86.5 Å². The Morgan fingerprint density at radius 3 is 1.47 bits per heavy atom. The molecule has 0 aliphatic carbocycles. The molecule has 0 heterocycles. The molecule has 0 radical (unpaired) electrons. The molecule has 0 spiro atoms. The van der Waals surface area contributed by atoms with Crippen LogP contribution in [0.2, 0.25) is 0 Å². The van der Waals surface area contributed by atoms with Crippen LogP contribution in [0.15, 0.2) is 0 Å². The van der Waals surface area contributed by atoms with E-state index < -0.39 is 39.3 Å². The molecule has 10 heteroatoms. The van der Waals surface area contributed by atoms with Crippen molar-refractivity contribution in [2.24, 2.45) is 0 Å². The van der Waals surface area contributed by atoms with Crippen LogP contribution in [0.1, 0.15) is 0 Å². The summed E-state index contributed by atoms with van der Waals surface area (Å²) in [6.07, 6.45) is 0. The van der Waals surface area contributed by atoms with Crippen LogP contribution in [-0.2, 0) is 39.6 Å². The number of esters is 2. The predicted molar refractivity (Wildman–Crippen MR) is 47.0 cm³/mol. The second kappa shape index (κ2) is 6.73. The fourth-order valence-electron chi connectivity index (χ4n) is 0.371. The van der Waals surface area contributed by atoms with Gasteiger partial charge in [0.25, 0.3) is 0 Å². The molecule has 0 bridgehead atoms. The van der Waals surface area contributed by atoms with Crippen molar-refractivity contribution >= 4 is 43.3 Å². The van der Waals surface area contributed by atoms with Crippen LogP contribution in [0.25, 0.3) is 0 Å². The van der Waals surface area contributed by atoms with Crippen LogP contribution in [0.3, 0.4) is 0 Å². The highest BCUT2D eigenvalue weighted by molar-refractivity contribution is 7.73. The Morgan fingerprint density at radius 2 is 1.20 bits per heavy atom. The number of rotatable bonds is 4. The van der Waals surface area contributed by atoms with Crippen molar-refractivity contribution in [3.05, 3.63) is 0 Å². The molecule has 0 aromatic heterocycles. The standard InChI is InChI=1S/C5H4O8S2/c6-4(1-14(8)9)12-3-13-5(7)2-15(10)11/h1-2H,3H2. The summed E-state index contributed by atoms with van der Waals surface area (Å²) in [5.41, 5.74) is 0. The maximum atomic E-state index is 10.5. The van der Waals surface area contributed by atoms with Gasteiger partial charge in [0.05, 0.1) is 0 Å². The number of hydrogen-bond acceptors (Lipinski definition) is 8. The minimum Gasteiger partial charge on any atom is -0.424 e. The first kappa shape index (κ1) is 13.3. The lowest BCUT2D eigenvalue weighted by Gasteiger charge is -1.99. The van der Waals surface area contributed by atoms with Gasteiger partial charge in [0.15, 0.2) is 0 Å². The van der Waals surface area contributed by atoms with E-state index in [1.165, 1.54) is 0 Å². The first-order valence-electron chi connectivity index (χ1n) is 3.11. The molecule has 0 amide bonds. The first-order chi connectivity index (χ1) is 6.91. The molecule has 0 aromatic carbocycles. The van der Waals surface area contributed by atoms with Gasteiger partial charge >= 0.3 is 11.9 Å². The summed E-state index contributed by atoms with van der Waals surface area (Å²) >= 11 is 0. The first-order valence-corrected chi connectivity index (χ1v) is 5.39. The van der Waals surface area contributed by atoms with Gasteiger partial charge in [-0.15, -0.1) is 0 Å². The molecule has 15 heavy (non-hydrogen) atoms. The van der Waals surface area contributed by atoms with Gasteiger partial charge < -0.3 is 9.47 Å². The lowest BCUT2D eigenvalue weighted by atomic mass is 10.8. The highest BCUT2D eigenvalue weighted by atomic mass is 32.2. The summed E-state index contributed by atoms with van der Waals surface area (Å²) in [6, 6.07) is 0. The topological polar surface area (TPSA) is 121 Å². The second-order valence-corrected chi connectivity index (χ2v) is 3.31. The molecule has 0 aliphatic heterocycles. The molecule has 0 aliphatic rings. The Hall–Kier alpha value is -1.68. The summed E-state index contributed by atoms with van der Waals surface area (Å²) in [5.74, 6) is -2.47. The fraction of sp³-hybridized carbons (Fsp3) is 0.200. The van der Waals surface area contributed by atoms with Crippen molar-refractivity contribution in [2.45, 2.75) is 0 Å². The average Bonchev–Trinajstić information content (AvgIpc) is 2.00. The van der Waals surface area contributed by atoms with E-state index in [0.29, 0.717) is 0 Å². The molecule has 8 nitrogen and oxygen atoms in total. The van der Waals surface area contributed by atoms with Crippen molar-refractivity contribution in [3.8, 4) is 0 Å². The third kappa shape index (κ3) is 8.64. The van der Waals surface area contributed by atoms with Gasteiger partial charge in [-0.25, -0.2) is 9.59 Å². The van der Waals surface area contributed by atoms with Crippen molar-refractivity contribution < 1.29 is 35.9 Å². The zero-order valence-electron chi connectivity index (χ0n) is 6.94. The fourth-order valence-corrected chi connectivity index (χ4v) is 0.821. The van der Waals surface area contributed by atoms with E-state index in [0.717, 1.165) is 0 Å². The van der Waals surface area contributed by atoms with E-state index in [9.17, 15) is 26.4 Å². The van der Waals surface area contributed by atoms with Crippen molar-refractivity contribution in [2.75, 3.05) is 6.79 Å². The molecule has 0 saturated carbocycles. The van der Waals surface area contributed by atoms with E-state index in [1.54, 1.807) is 0 Å². The Balaban J connectivity index is 4.02. The van der Waals surface area contributed by atoms with Crippen LogP contribution >= 0.6 is 0 Å². The Bertz CT molecular complexity index is 443. The minimum absolute atomic E-state index is 0.212. The summed E-state index contributed by atoms with van der Waals surface area (Å²) in [7, 11) is -5.43. The minimum atomic E-state index is -2.72. The van der Waals surface area contributed by atoms with Gasteiger partial charge in [-0.05, 0) is 0 Å². The lowest BCUT2D eigenvalue weighted by Crippen LogP contribution is -2.14. The lowest BCUT2D eigenvalue weighted by molar-refractivity contribution is -0.156. The SMILES string of the molecule is O=C(C=S(=O)=O)OCOC(=O)C=S(=O)=O. The molecular weight excluding hydrogens is 252 g/mol. The average molecular weight is 256 g/mol. The van der Waals surface area contributed by atoms with Crippen molar-refractivity contribution in [1.82, 2.24) is 0 Å². The summed E-state index contributed by atoms with van der Waals surface area (Å²) in [6.45, 7) is -0.876. The second-order valence-electron chi connectivity index (χ2n) is 1.80. The quantitative estimate of drug-likeness (QED) is 0.305. The monoisotopic (exact) mass is 256 g/mol.